The third kappa shape index (κ3) is 2.70. The van der Waals surface area contributed by atoms with Crippen molar-refractivity contribution >= 4 is 23.4 Å². The molecule has 0 aromatic rings. The number of hydrogen-bond donors (Lipinski definition) is 0. The summed E-state index contributed by atoms with van der Waals surface area (Å²) in [6, 6.07) is 0. The van der Waals surface area contributed by atoms with Gasteiger partial charge in [-0.05, 0) is 0 Å². The molecule has 0 aromatic carbocycles. The number of Topliss-reactive ketones (excluding diaryl/α,β-unsaturated/α-hetero) is 1. The highest BCUT2D eigenvalue weighted by atomic mass is 35.5. The van der Waals surface area contributed by atoms with Crippen molar-refractivity contribution < 1.29 is 40.7 Å². The Bertz CT molecular complexity index is 344. The van der Waals surface area contributed by atoms with Crippen molar-refractivity contribution in [1.29, 1.82) is 0 Å². The fraction of sp³-hybridized carbons (Fsp3) is 0.750. The molecule has 0 amide bonds. The fourth-order valence-corrected chi connectivity index (χ4v) is 0.845. The van der Waals surface area contributed by atoms with Gasteiger partial charge in [-0.25, -0.2) is 4.79 Å². The van der Waals surface area contributed by atoms with Crippen LogP contribution >= 0.6 is 11.6 Å². The molecule has 0 rings (SSSR count). The standard InChI is InChI=1S/C8H7ClF6O3/c1-4(16)6(10,11)8(14,15)7(12,13)5(17)18-3-2-9/h2-3H2,1H3. The van der Waals surface area contributed by atoms with E-state index in [0.717, 1.165) is 0 Å². The van der Waals surface area contributed by atoms with E-state index in [9.17, 15) is 35.9 Å². The van der Waals surface area contributed by atoms with Crippen molar-refractivity contribution in [1.82, 2.24) is 0 Å². The summed E-state index contributed by atoms with van der Waals surface area (Å²) in [5.74, 6) is -23.6. The summed E-state index contributed by atoms with van der Waals surface area (Å²) in [7, 11) is 0. The average molecular weight is 301 g/mol. The molecule has 10 heteroatoms. The van der Waals surface area contributed by atoms with Gasteiger partial charge >= 0.3 is 23.7 Å². The molecular weight excluding hydrogens is 294 g/mol. The molecule has 3 nitrogen and oxygen atoms in total. The Morgan fingerprint density at radius 2 is 1.50 bits per heavy atom. The van der Waals surface area contributed by atoms with Crippen LogP contribution in [0.15, 0.2) is 0 Å². The number of rotatable bonds is 6. The van der Waals surface area contributed by atoms with E-state index in [1.54, 1.807) is 0 Å². The second-order valence-corrected chi connectivity index (χ2v) is 3.48. The lowest BCUT2D eigenvalue weighted by Crippen LogP contribution is -2.60. The highest BCUT2D eigenvalue weighted by Crippen LogP contribution is 2.46. The van der Waals surface area contributed by atoms with E-state index in [-0.39, 0.29) is 6.92 Å². The van der Waals surface area contributed by atoms with Gasteiger partial charge in [-0.2, -0.15) is 26.3 Å². The van der Waals surface area contributed by atoms with Gasteiger partial charge in [-0.1, -0.05) is 0 Å². The normalized spacial score (nSPS) is 13.3. The minimum Gasteiger partial charge on any atom is -0.460 e. The second kappa shape index (κ2) is 5.33. The summed E-state index contributed by atoms with van der Waals surface area (Å²) in [4.78, 5) is 20.8. The van der Waals surface area contributed by atoms with E-state index >= 15 is 0 Å². The van der Waals surface area contributed by atoms with Gasteiger partial charge in [0.2, 0.25) is 5.78 Å². The Hall–Kier alpha value is -0.990. The third-order valence-corrected chi connectivity index (χ3v) is 1.95. The smallest absolute Gasteiger partial charge is 0.411 e. The topological polar surface area (TPSA) is 43.4 Å². The molecular formula is C8H7ClF6O3. The molecule has 0 heterocycles. The van der Waals surface area contributed by atoms with Crippen LogP contribution in [0.1, 0.15) is 6.92 Å². The number of carbonyl (C=O) groups excluding carboxylic acids is 2. The Balaban J connectivity index is 5.31. The van der Waals surface area contributed by atoms with Gasteiger partial charge in [0.15, 0.2) is 0 Å². The van der Waals surface area contributed by atoms with E-state index in [1.807, 2.05) is 0 Å². The lowest BCUT2D eigenvalue weighted by molar-refractivity contribution is -0.293. The molecule has 0 saturated heterocycles. The Labute approximate surface area is 102 Å². The van der Waals surface area contributed by atoms with Crippen LogP contribution in [0, 0.1) is 0 Å². The van der Waals surface area contributed by atoms with Gasteiger partial charge in [0, 0.05) is 6.92 Å². The van der Waals surface area contributed by atoms with Crippen molar-refractivity contribution in [3.63, 3.8) is 0 Å². The maximum atomic E-state index is 12.9. The van der Waals surface area contributed by atoms with Crippen molar-refractivity contribution in [3.05, 3.63) is 0 Å². The SMILES string of the molecule is CC(=O)C(F)(F)C(F)(F)C(F)(F)C(=O)OCCCl. The zero-order valence-corrected chi connectivity index (χ0v) is 9.54. The minimum atomic E-state index is -6.20. The summed E-state index contributed by atoms with van der Waals surface area (Å²) < 4.78 is 80.4. The highest BCUT2D eigenvalue weighted by Gasteiger charge is 2.77. The van der Waals surface area contributed by atoms with Crippen LogP contribution in [-0.2, 0) is 14.3 Å². The first-order chi connectivity index (χ1) is 7.92. The van der Waals surface area contributed by atoms with Crippen LogP contribution in [-0.4, -0.2) is 42.0 Å². The van der Waals surface area contributed by atoms with Gasteiger partial charge in [0.1, 0.15) is 6.61 Å². The molecule has 0 radical (unpaired) electrons. The van der Waals surface area contributed by atoms with Crippen LogP contribution in [0.25, 0.3) is 0 Å². The number of ketones is 1. The maximum absolute atomic E-state index is 12.9. The lowest BCUT2D eigenvalue weighted by atomic mass is 10.0. The zero-order chi connectivity index (χ0) is 14.8. The molecule has 0 aliphatic heterocycles. The predicted molar refractivity (Wildman–Crippen MR) is 47.2 cm³/mol. The summed E-state index contributed by atoms with van der Waals surface area (Å²) in [6.07, 6.45) is 0. The summed E-state index contributed by atoms with van der Waals surface area (Å²) in [5, 5.41) is 0. The first kappa shape index (κ1) is 17.0. The van der Waals surface area contributed by atoms with Crippen molar-refractivity contribution in [2.75, 3.05) is 12.5 Å². The molecule has 0 atom stereocenters. The monoisotopic (exact) mass is 300 g/mol. The zero-order valence-electron chi connectivity index (χ0n) is 8.78. The quantitative estimate of drug-likeness (QED) is 0.429. The highest BCUT2D eigenvalue weighted by molar-refractivity contribution is 6.18. The van der Waals surface area contributed by atoms with Crippen LogP contribution in [0.3, 0.4) is 0 Å². The van der Waals surface area contributed by atoms with Crippen molar-refractivity contribution in [3.8, 4) is 0 Å². The number of halogens is 7. The van der Waals surface area contributed by atoms with Crippen molar-refractivity contribution in [2.24, 2.45) is 0 Å². The van der Waals surface area contributed by atoms with Gasteiger partial charge in [-0.3, -0.25) is 4.79 Å². The first-order valence-corrected chi connectivity index (χ1v) is 4.84. The molecule has 0 N–H and O–H groups in total. The van der Waals surface area contributed by atoms with Gasteiger partial charge in [0.25, 0.3) is 0 Å². The van der Waals surface area contributed by atoms with Crippen LogP contribution in [0.5, 0.6) is 0 Å². The molecule has 0 unspecified atom stereocenters. The van der Waals surface area contributed by atoms with Crippen LogP contribution in [0.2, 0.25) is 0 Å². The molecule has 106 valence electrons. The molecule has 0 aromatic heterocycles. The molecule has 18 heavy (non-hydrogen) atoms. The molecule has 0 bridgehead atoms. The van der Waals surface area contributed by atoms with Gasteiger partial charge in [0.05, 0.1) is 5.88 Å². The van der Waals surface area contributed by atoms with E-state index in [2.05, 4.69) is 4.74 Å². The molecule has 0 spiro atoms. The van der Waals surface area contributed by atoms with E-state index < -0.39 is 42.0 Å². The molecule has 0 fully saturated rings. The Morgan fingerprint density at radius 3 is 1.83 bits per heavy atom. The molecule has 0 saturated carbocycles. The number of hydrogen-bond acceptors (Lipinski definition) is 3. The molecule has 0 aliphatic rings. The Morgan fingerprint density at radius 1 is 1.06 bits per heavy atom. The second-order valence-electron chi connectivity index (χ2n) is 3.10. The Kier molecular flexibility index (Phi) is 5.04. The minimum absolute atomic E-state index is 0.00587. The predicted octanol–water partition coefficient (Wildman–Crippen LogP) is 2.26. The van der Waals surface area contributed by atoms with E-state index in [4.69, 9.17) is 11.6 Å². The summed E-state index contributed by atoms with van der Waals surface area (Å²) in [6.45, 7) is -0.869. The van der Waals surface area contributed by atoms with Gasteiger partial charge < -0.3 is 4.74 Å². The average Bonchev–Trinajstić information content (AvgIpc) is 2.24. The first-order valence-electron chi connectivity index (χ1n) is 4.30. The maximum Gasteiger partial charge on any atom is 0.411 e. The number of esters is 1. The van der Waals surface area contributed by atoms with Gasteiger partial charge in [-0.15, -0.1) is 11.6 Å². The lowest BCUT2D eigenvalue weighted by Gasteiger charge is -2.29. The summed E-state index contributed by atoms with van der Waals surface area (Å²) >= 11 is 4.94. The van der Waals surface area contributed by atoms with E-state index in [1.165, 1.54) is 0 Å². The summed E-state index contributed by atoms with van der Waals surface area (Å²) in [5.41, 5.74) is 0. The third-order valence-electron chi connectivity index (χ3n) is 1.80. The number of alkyl halides is 7. The number of carbonyl (C=O) groups is 2. The number of ether oxygens (including phenoxy) is 1. The molecule has 0 aliphatic carbocycles. The van der Waals surface area contributed by atoms with Crippen LogP contribution in [0.4, 0.5) is 26.3 Å². The largest absolute Gasteiger partial charge is 0.460 e. The fourth-order valence-electron chi connectivity index (χ4n) is 0.768. The van der Waals surface area contributed by atoms with Crippen LogP contribution < -0.4 is 0 Å². The van der Waals surface area contributed by atoms with Crippen molar-refractivity contribution in [2.45, 2.75) is 24.7 Å². The van der Waals surface area contributed by atoms with E-state index in [0.29, 0.717) is 0 Å².